The Labute approximate surface area is 115 Å². The van der Waals surface area contributed by atoms with Crippen LogP contribution in [-0.4, -0.2) is 18.4 Å². The molecule has 0 bridgehead atoms. The zero-order valence-electron chi connectivity index (χ0n) is 11.8. The van der Waals surface area contributed by atoms with Crippen LogP contribution in [-0.2, 0) is 11.2 Å². The Balaban J connectivity index is 1.77. The van der Waals surface area contributed by atoms with Gasteiger partial charge in [-0.3, -0.25) is 4.79 Å². The van der Waals surface area contributed by atoms with Crippen molar-refractivity contribution in [3.63, 3.8) is 0 Å². The minimum absolute atomic E-state index is 0.260. The van der Waals surface area contributed by atoms with E-state index >= 15 is 0 Å². The Kier molecular flexibility index (Phi) is 3.58. The van der Waals surface area contributed by atoms with Gasteiger partial charge in [-0.25, -0.2) is 0 Å². The molecule has 0 spiro atoms. The molecule has 1 aromatic carbocycles. The molecule has 1 heterocycles. The van der Waals surface area contributed by atoms with E-state index in [0.29, 0.717) is 11.8 Å². The molecule has 2 heteroatoms. The number of Topliss-reactive ketones (excluding diaryl/α,β-unsaturated/α-hetero) is 1. The SMILES string of the molecule is CC1Cc2ccccc2N1CC1CCCCCC1=O. The van der Waals surface area contributed by atoms with Gasteiger partial charge in [0.05, 0.1) is 0 Å². The van der Waals surface area contributed by atoms with Crippen LogP contribution in [0.25, 0.3) is 0 Å². The summed E-state index contributed by atoms with van der Waals surface area (Å²) in [4.78, 5) is 14.7. The van der Waals surface area contributed by atoms with E-state index in [9.17, 15) is 4.79 Å². The first-order chi connectivity index (χ1) is 9.25. The lowest BCUT2D eigenvalue weighted by Crippen LogP contribution is -2.36. The molecular formula is C17H23NO. The van der Waals surface area contributed by atoms with Crippen LogP contribution in [0.3, 0.4) is 0 Å². The van der Waals surface area contributed by atoms with E-state index in [0.717, 1.165) is 32.2 Å². The van der Waals surface area contributed by atoms with Crippen LogP contribution in [0.1, 0.15) is 44.6 Å². The van der Waals surface area contributed by atoms with Crippen molar-refractivity contribution in [3.05, 3.63) is 29.8 Å². The first-order valence-electron chi connectivity index (χ1n) is 7.63. The molecule has 3 rings (SSSR count). The number of carbonyl (C=O) groups excluding carboxylic acids is 1. The fourth-order valence-electron chi connectivity index (χ4n) is 3.57. The molecule has 0 radical (unpaired) electrons. The Morgan fingerprint density at radius 3 is 2.95 bits per heavy atom. The average molecular weight is 257 g/mol. The molecule has 1 fully saturated rings. The second kappa shape index (κ2) is 5.36. The predicted octanol–water partition coefficient (Wildman–Crippen LogP) is 3.59. The van der Waals surface area contributed by atoms with E-state index < -0.39 is 0 Å². The van der Waals surface area contributed by atoms with E-state index in [-0.39, 0.29) is 5.92 Å². The molecule has 19 heavy (non-hydrogen) atoms. The van der Waals surface area contributed by atoms with Gasteiger partial charge in [-0.1, -0.05) is 31.0 Å². The molecule has 2 unspecified atom stereocenters. The summed E-state index contributed by atoms with van der Waals surface area (Å²) in [5.41, 5.74) is 2.79. The van der Waals surface area contributed by atoms with E-state index in [1.807, 2.05) is 0 Å². The lowest BCUT2D eigenvalue weighted by molar-refractivity contribution is -0.122. The molecule has 102 valence electrons. The lowest BCUT2D eigenvalue weighted by Gasteiger charge is -2.28. The second-order valence-electron chi connectivity index (χ2n) is 6.10. The van der Waals surface area contributed by atoms with Crippen molar-refractivity contribution in [2.45, 2.75) is 51.5 Å². The number of hydrogen-bond donors (Lipinski definition) is 0. The molecule has 2 atom stereocenters. The fourth-order valence-corrected chi connectivity index (χ4v) is 3.57. The molecule has 0 N–H and O–H groups in total. The highest BCUT2D eigenvalue weighted by Gasteiger charge is 2.30. The maximum Gasteiger partial charge on any atom is 0.137 e. The van der Waals surface area contributed by atoms with Gasteiger partial charge in [-0.15, -0.1) is 0 Å². The van der Waals surface area contributed by atoms with Crippen molar-refractivity contribution in [1.82, 2.24) is 0 Å². The Morgan fingerprint density at radius 2 is 2.05 bits per heavy atom. The number of benzene rings is 1. The summed E-state index contributed by atoms with van der Waals surface area (Å²) >= 11 is 0. The number of carbonyl (C=O) groups is 1. The van der Waals surface area contributed by atoms with Crippen molar-refractivity contribution in [2.75, 3.05) is 11.4 Å². The monoisotopic (exact) mass is 257 g/mol. The summed E-state index contributed by atoms with van der Waals surface area (Å²) in [6.45, 7) is 3.21. The van der Waals surface area contributed by atoms with E-state index in [4.69, 9.17) is 0 Å². The van der Waals surface area contributed by atoms with Crippen LogP contribution in [0, 0.1) is 5.92 Å². The third-order valence-electron chi connectivity index (χ3n) is 4.70. The topological polar surface area (TPSA) is 20.3 Å². The highest BCUT2D eigenvalue weighted by Crippen LogP contribution is 2.33. The average Bonchev–Trinajstić information content (AvgIpc) is 2.58. The standard InChI is InChI=1S/C17H23NO/c1-13-11-14-7-5-6-9-16(14)18(13)12-15-8-3-2-4-10-17(15)19/h5-7,9,13,15H,2-4,8,10-12H2,1H3. The number of para-hydroxylation sites is 1. The first kappa shape index (κ1) is 12.7. The van der Waals surface area contributed by atoms with Crippen LogP contribution in [0.4, 0.5) is 5.69 Å². The van der Waals surface area contributed by atoms with Gasteiger partial charge < -0.3 is 4.90 Å². The van der Waals surface area contributed by atoms with E-state index in [2.05, 4.69) is 36.1 Å². The normalized spacial score (nSPS) is 27.2. The maximum atomic E-state index is 12.2. The zero-order chi connectivity index (χ0) is 13.2. The Morgan fingerprint density at radius 1 is 1.21 bits per heavy atom. The van der Waals surface area contributed by atoms with Crippen molar-refractivity contribution >= 4 is 11.5 Å². The number of hydrogen-bond acceptors (Lipinski definition) is 2. The number of ketones is 1. The molecule has 0 amide bonds. The zero-order valence-corrected chi connectivity index (χ0v) is 11.8. The molecule has 0 aromatic heterocycles. The molecule has 2 nitrogen and oxygen atoms in total. The largest absolute Gasteiger partial charge is 0.368 e. The minimum Gasteiger partial charge on any atom is -0.368 e. The predicted molar refractivity (Wildman–Crippen MR) is 78.5 cm³/mol. The number of rotatable bonds is 2. The molecule has 1 aliphatic carbocycles. The minimum atomic E-state index is 0.260. The van der Waals surface area contributed by atoms with Gasteiger partial charge >= 0.3 is 0 Å². The van der Waals surface area contributed by atoms with Gasteiger partial charge in [0.15, 0.2) is 0 Å². The van der Waals surface area contributed by atoms with Gasteiger partial charge in [0.2, 0.25) is 0 Å². The van der Waals surface area contributed by atoms with Crippen molar-refractivity contribution in [1.29, 1.82) is 0 Å². The molecule has 1 aliphatic heterocycles. The smallest absolute Gasteiger partial charge is 0.137 e. The number of anilines is 1. The third kappa shape index (κ3) is 2.54. The first-order valence-corrected chi connectivity index (χ1v) is 7.63. The van der Waals surface area contributed by atoms with Crippen LogP contribution in [0.5, 0.6) is 0 Å². The van der Waals surface area contributed by atoms with E-state index in [1.54, 1.807) is 0 Å². The summed E-state index contributed by atoms with van der Waals surface area (Å²) in [5.74, 6) is 0.755. The summed E-state index contributed by atoms with van der Waals surface area (Å²) < 4.78 is 0. The van der Waals surface area contributed by atoms with Crippen LogP contribution in [0.15, 0.2) is 24.3 Å². The van der Waals surface area contributed by atoms with E-state index in [1.165, 1.54) is 24.1 Å². The third-order valence-corrected chi connectivity index (χ3v) is 4.70. The highest BCUT2D eigenvalue weighted by atomic mass is 16.1. The van der Waals surface area contributed by atoms with Gasteiger partial charge in [0.25, 0.3) is 0 Å². The summed E-state index contributed by atoms with van der Waals surface area (Å²) in [5, 5.41) is 0. The quantitative estimate of drug-likeness (QED) is 0.755. The Bertz CT molecular complexity index is 468. The second-order valence-corrected chi connectivity index (χ2v) is 6.10. The maximum absolute atomic E-state index is 12.2. The van der Waals surface area contributed by atoms with Gasteiger partial charge in [-0.2, -0.15) is 0 Å². The van der Waals surface area contributed by atoms with Gasteiger partial charge in [-0.05, 0) is 37.8 Å². The molecule has 1 saturated carbocycles. The van der Waals surface area contributed by atoms with Crippen LogP contribution < -0.4 is 4.90 Å². The fraction of sp³-hybridized carbons (Fsp3) is 0.588. The van der Waals surface area contributed by atoms with Gasteiger partial charge in [0.1, 0.15) is 5.78 Å². The molecular weight excluding hydrogens is 234 g/mol. The highest BCUT2D eigenvalue weighted by molar-refractivity contribution is 5.82. The summed E-state index contributed by atoms with van der Waals surface area (Å²) in [7, 11) is 0. The number of nitrogens with zero attached hydrogens (tertiary/aromatic N) is 1. The van der Waals surface area contributed by atoms with Crippen LogP contribution in [0.2, 0.25) is 0 Å². The van der Waals surface area contributed by atoms with Crippen molar-refractivity contribution in [2.24, 2.45) is 5.92 Å². The summed E-state index contributed by atoms with van der Waals surface area (Å²) in [6.07, 6.45) is 6.56. The Hall–Kier alpha value is -1.31. The molecule has 2 aliphatic rings. The van der Waals surface area contributed by atoms with Crippen molar-refractivity contribution in [3.8, 4) is 0 Å². The van der Waals surface area contributed by atoms with Gasteiger partial charge in [0, 0.05) is 30.6 Å². The molecule has 1 aromatic rings. The van der Waals surface area contributed by atoms with Crippen molar-refractivity contribution < 1.29 is 4.79 Å². The lowest BCUT2D eigenvalue weighted by atomic mass is 9.98. The number of fused-ring (bicyclic) bond motifs is 1. The molecule has 0 saturated heterocycles. The summed E-state index contributed by atoms with van der Waals surface area (Å²) in [6, 6.07) is 9.19. The van der Waals surface area contributed by atoms with Crippen LogP contribution >= 0.6 is 0 Å².